The van der Waals surface area contributed by atoms with Gasteiger partial charge in [-0.2, -0.15) is 4.31 Å². The van der Waals surface area contributed by atoms with E-state index in [1.807, 2.05) is 6.92 Å². The highest BCUT2D eigenvalue weighted by molar-refractivity contribution is 7.89. The topological polar surface area (TPSA) is 58.6 Å². The van der Waals surface area contributed by atoms with Crippen LogP contribution in [0.4, 0.5) is 4.39 Å². The van der Waals surface area contributed by atoms with Crippen LogP contribution in [-0.4, -0.2) is 46.6 Å². The monoisotopic (exact) mass is 304 g/mol. The van der Waals surface area contributed by atoms with Gasteiger partial charge in [0.2, 0.25) is 10.0 Å². The number of sulfonamides is 1. The maximum absolute atomic E-state index is 13.4. The fraction of sp³-hybridized carbons (Fsp3) is 0.538. The zero-order valence-electron chi connectivity index (χ0n) is 12.0. The summed E-state index contributed by atoms with van der Waals surface area (Å²) in [7, 11) is -0.554. The Balaban J connectivity index is 3.04. The number of ether oxygens (including phenoxy) is 1. The van der Waals surface area contributed by atoms with Crippen LogP contribution in [0, 0.1) is 5.82 Å². The summed E-state index contributed by atoms with van der Waals surface area (Å²) in [5.41, 5.74) is 0.539. The van der Waals surface area contributed by atoms with Gasteiger partial charge in [-0.25, -0.2) is 12.8 Å². The first-order valence-corrected chi connectivity index (χ1v) is 7.84. The van der Waals surface area contributed by atoms with Crippen molar-refractivity contribution in [3.63, 3.8) is 0 Å². The van der Waals surface area contributed by atoms with Crippen LogP contribution in [-0.2, 0) is 21.3 Å². The minimum atomic E-state index is -3.72. The SMILES string of the molecule is CCOCCN(C)S(=O)(=O)c1cc(F)ccc1CNC. The lowest BCUT2D eigenvalue weighted by Crippen LogP contribution is -2.31. The number of nitrogens with zero attached hydrogens (tertiary/aromatic N) is 1. The first kappa shape index (κ1) is 17.0. The molecule has 1 aromatic rings. The minimum Gasteiger partial charge on any atom is -0.380 e. The fourth-order valence-electron chi connectivity index (χ4n) is 1.73. The number of hydrogen-bond acceptors (Lipinski definition) is 4. The first-order valence-electron chi connectivity index (χ1n) is 6.40. The number of halogens is 1. The molecule has 0 aromatic heterocycles. The van der Waals surface area contributed by atoms with Gasteiger partial charge in [-0.05, 0) is 31.7 Å². The van der Waals surface area contributed by atoms with Crippen molar-refractivity contribution < 1.29 is 17.5 Å². The lowest BCUT2D eigenvalue weighted by Gasteiger charge is -2.19. The standard InChI is InChI=1S/C13H21FN2O3S/c1-4-19-8-7-16(3)20(17,18)13-9-12(14)6-5-11(13)10-15-2/h5-6,9,15H,4,7-8,10H2,1-3H3. The average Bonchev–Trinajstić information content (AvgIpc) is 2.41. The van der Waals surface area contributed by atoms with Crippen molar-refractivity contribution in [3.8, 4) is 0 Å². The van der Waals surface area contributed by atoms with E-state index >= 15 is 0 Å². The Morgan fingerprint density at radius 1 is 1.40 bits per heavy atom. The van der Waals surface area contributed by atoms with Crippen molar-refractivity contribution in [2.45, 2.75) is 18.4 Å². The van der Waals surface area contributed by atoms with Crippen molar-refractivity contribution in [1.82, 2.24) is 9.62 Å². The molecule has 0 saturated heterocycles. The Kier molecular flexibility index (Phi) is 6.54. The molecule has 1 aromatic carbocycles. The first-order chi connectivity index (χ1) is 9.43. The van der Waals surface area contributed by atoms with Crippen molar-refractivity contribution in [1.29, 1.82) is 0 Å². The Bertz CT molecular complexity index is 534. The van der Waals surface area contributed by atoms with Crippen LogP contribution in [0.15, 0.2) is 23.1 Å². The molecule has 1 rings (SSSR count). The van der Waals surface area contributed by atoms with Gasteiger partial charge in [-0.3, -0.25) is 0 Å². The summed E-state index contributed by atoms with van der Waals surface area (Å²) in [6.45, 7) is 3.26. The van der Waals surface area contributed by atoms with E-state index in [0.717, 1.165) is 6.07 Å². The lowest BCUT2D eigenvalue weighted by molar-refractivity contribution is 0.138. The smallest absolute Gasteiger partial charge is 0.243 e. The van der Waals surface area contributed by atoms with Gasteiger partial charge in [0.25, 0.3) is 0 Å². The lowest BCUT2D eigenvalue weighted by atomic mass is 10.2. The Hall–Kier alpha value is -1.02. The molecule has 1 N–H and O–H groups in total. The van der Waals surface area contributed by atoms with Gasteiger partial charge in [0.1, 0.15) is 5.82 Å². The van der Waals surface area contributed by atoms with Crippen molar-refractivity contribution in [2.24, 2.45) is 0 Å². The molecule has 0 heterocycles. The van der Waals surface area contributed by atoms with Crippen molar-refractivity contribution in [2.75, 3.05) is 33.9 Å². The van der Waals surface area contributed by atoms with Crippen LogP contribution >= 0.6 is 0 Å². The van der Waals surface area contributed by atoms with Crippen LogP contribution < -0.4 is 5.32 Å². The second-order valence-electron chi connectivity index (χ2n) is 4.31. The molecule has 0 bridgehead atoms. The Morgan fingerprint density at radius 2 is 2.10 bits per heavy atom. The van der Waals surface area contributed by atoms with E-state index in [1.54, 1.807) is 7.05 Å². The highest BCUT2D eigenvalue weighted by Gasteiger charge is 2.24. The van der Waals surface area contributed by atoms with E-state index in [4.69, 9.17) is 4.74 Å². The molecule has 0 fully saturated rings. The number of nitrogens with one attached hydrogen (secondary N) is 1. The molecule has 0 amide bonds. The van der Waals surface area contributed by atoms with Crippen LogP contribution in [0.3, 0.4) is 0 Å². The average molecular weight is 304 g/mol. The van der Waals surface area contributed by atoms with Crippen LogP contribution in [0.1, 0.15) is 12.5 Å². The third-order valence-electron chi connectivity index (χ3n) is 2.84. The summed E-state index contributed by atoms with van der Waals surface area (Å²) in [6, 6.07) is 3.79. The fourth-order valence-corrected chi connectivity index (χ4v) is 3.11. The van der Waals surface area contributed by atoms with Gasteiger partial charge in [0.05, 0.1) is 11.5 Å². The third kappa shape index (κ3) is 4.24. The predicted molar refractivity (Wildman–Crippen MR) is 75.5 cm³/mol. The number of hydrogen-bond donors (Lipinski definition) is 1. The van der Waals surface area contributed by atoms with E-state index in [0.29, 0.717) is 25.3 Å². The summed E-state index contributed by atoms with van der Waals surface area (Å²) in [5.74, 6) is -0.568. The molecule has 0 radical (unpaired) electrons. The van der Waals surface area contributed by atoms with Gasteiger partial charge in [0.15, 0.2) is 0 Å². The van der Waals surface area contributed by atoms with E-state index in [-0.39, 0.29) is 11.4 Å². The molecule has 5 nitrogen and oxygen atoms in total. The maximum Gasteiger partial charge on any atom is 0.243 e. The molecule has 0 unspecified atom stereocenters. The zero-order valence-corrected chi connectivity index (χ0v) is 12.8. The number of likely N-dealkylation sites (N-methyl/N-ethyl adjacent to an activating group) is 1. The van der Waals surface area contributed by atoms with Gasteiger partial charge in [-0.1, -0.05) is 6.07 Å². The Morgan fingerprint density at radius 3 is 2.70 bits per heavy atom. The quantitative estimate of drug-likeness (QED) is 0.733. The molecule has 114 valence electrons. The van der Waals surface area contributed by atoms with Crippen molar-refractivity contribution in [3.05, 3.63) is 29.6 Å². The van der Waals surface area contributed by atoms with Crippen molar-refractivity contribution >= 4 is 10.0 Å². The van der Waals surface area contributed by atoms with E-state index in [9.17, 15) is 12.8 Å². The molecule has 0 saturated carbocycles. The van der Waals surface area contributed by atoms with Gasteiger partial charge >= 0.3 is 0 Å². The Labute approximate surface area is 119 Å². The molecule has 0 atom stereocenters. The normalized spacial score (nSPS) is 12.1. The number of benzene rings is 1. The highest BCUT2D eigenvalue weighted by Crippen LogP contribution is 2.20. The molecule has 0 aliphatic heterocycles. The van der Waals surface area contributed by atoms with Crippen LogP contribution in [0.2, 0.25) is 0 Å². The minimum absolute atomic E-state index is 0.00847. The molecule has 20 heavy (non-hydrogen) atoms. The predicted octanol–water partition coefficient (Wildman–Crippen LogP) is 1.20. The maximum atomic E-state index is 13.4. The molecule has 0 aliphatic rings. The largest absolute Gasteiger partial charge is 0.380 e. The second kappa shape index (κ2) is 7.68. The molecule has 0 aliphatic carbocycles. The van der Waals surface area contributed by atoms with Crippen LogP contribution in [0.5, 0.6) is 0 Å². The second-order valence-corrected chi connectivity index (χ2v) is 6.32. The van der Waals surface area contributed by atoms with E-state index in [1.165, 1.54) is 23.5 Å². The summed E-state index contributed by atoms with van der Waals surface area (Å²) in [4.78, 5) is -0.00847. The highest BCUT2D eigenvalue weighted by atomic mass is 32.2. The summed E-state index contributed by atoms with van der Waals surface area (Å²) in [5, 5.41) is 2.88. The molecular weight excluding hydrogens is 283 g/mol. The zero-order chi connectivity index (χ0) is 15.2. The summed E-state index contributed by atoms with van der Waals surface area (Å²) >= 11 is 0. The molecular formula is C13H21FN2O3S. The van der Waals surface area contributed by atoms with E-state index < -0.39 is 15.8 Å². The van der Waals surface area contributed by atoms with Crippen LogP contribution in [0.25, 0.3) is 0 Å². The molecule has 7 heteroatoms. The summed E-state index contributed by atoms with van der Waals surface area (Å²) in [6.07, 6.45) is 0. The van der Waals surface area contributed by atoms with E-state index in [2.05, 4.69) is 5.32 Å². The summed E-state index contributed by atoms with van der Waals surface area (Å²) < 4.78 is 44.6. The number of rotatable bonds is 8. The van der Waals surface area contributed by atoms with Gasteiger partial charge in [0, 0.05) is 26.7 Å². The van der Waals surface area contributed by atoms with Gasteiger partial charge in [-0.15, -0.1) is 0 Å². The molecule has 0 spiro atoms. The van der Waals surface area contributed by atoms with Gasteiger partial charge < -0.3 is 10.1 Å². The third-order valence-corrected chi connectivity index (χ3v) is 4.78.